The molecule has 112 valence electrons. The standard InChI is InChI=1S/C13H13F2N3O3/c1-7(5-16)6-18(2)13(21)17-11-4-10(15)9(14)3-8(11)12(19)20/h3-4,7H,6H2,1-2H3,(H,17,21)(H,19,20). The molecule has 1 aromatic rings. The minimum Gasteiger partial charge on any atom is -0.478 e. The van der Waals surface area contributed by atoms with Gasteiger partial charge < -0.3 is 15.3 Å². The third kappa shape index (κ3) is 4.14. The van der Waals surface area contributed by atoms with Crippen LogP contribution in [0, 0.1) is 28.9 Å². The van der Waals surface area contributed by atoms with E-state index in [0.717, 1.165) is 4.90 Å². The molecule has 0 saturated carbocycles. The highest BCUT2D eigenvalue weighted by Crippen LogP contribution is 2.20. The Morgan fingerprint density at radius 3 is 2.52 bits per heavy atom. The van der Waals surface area contributed by atoms with Crippen molar-refractivity contribution in [3.63, 3.8) is 0 Å². The lowest BCUT2D eigenvalue weighted by Gasteiger charge is -2.19. The highest BCUT2D eigenvalue weighted by molar-refractivity contribution is 6.00. The Kier molecular flexibility index (Phi) is 5.18. The molecule has 0 radical (unpaired) electrons. The minimum atomic E-state index is -1.50. The van der Waals surface area contributed by atoms with Gasteiger partial charge in [-0.05, 0) is 13.0 Å². The Bertz CT molecular complexity index is 613. The summed E-state index contributed by atoms with van der Waals surface area (Å²) < 4.78 is 26.2. The number of carbonyl (C=O) groups excluding carboxylic acids is 1. The number of nitrogens with one attached hydrogen (secondary N) is 1. The fraction of sp³-hybridized carbons (Fsp3) is 0.308. The van der Waals surface area contributed by atoms with Gasteiger partial charge in [0.25, 0.3) is 0 Å². The van der Waals surface area contributed by atoms with Gasteiger partial charge in [-0.1, -0.05) is 0 Å². The second-order valence-corrected chi connectivity index (χ2v) is 4.46. The lowest BCUT2D eigenvalue weighted by molar-refractivity contribution is 0.0697. The van der Waals surface area contributed by atoms with E-state index in [1.807, 2.05) is 6.07 Å². The summed E-state index contributed by atoms with van der Waals surface area (Å²) in [5.74, 6) is -4.53. The molecule has 0 aliphatic heterocycles. The van der Waals surface area contributed by atoms with Crippen molar-refractivity contribution in [2.45, 2.75) is 6.92 Å². The monoisotopic (exact) mass is 297 g/mol. The first-order valence-corrected chi connectivity index (χ1v) is 5.90. The third-order valence-corrected chi connectivity index (χ3v) is 2.65. The van der Waals surface area contributed by atoms with Crippen molar-refractivity contribution >= 4 is 17.7 Å². The topological polar surface area (TPSA) is 93.4 Å². The number of aromatic carboxylic acids is 1. The second kappa shape index (κ2) is 6.65. The van der Waals surface area contributed by atoms with Gasteiger partial charge in [-0.2, -0.15) is 5.26 Å². The van der Waals surface area contributed by atoms with Crippen molar-refractivity contribution < 1.29 is 23.5 Å². The molecule has 0 fully saturated rings. The predicted octanol–water partition coefficient (Wildman–Crippen LogP) is 2.29. The number of nitrogens with zero attached hydrogens (tertiary/aromatic N) is 2. The van der Waals surface area contributed by atoms with Crippen LogP contribution in [-0.2, 0) is 0 Å². The number of anilines is 1. The summed E-state index contributed by atoms with van der Waals surface area (Å²) >= 11 is 0. The fourth-order valence-electron chi connectivity index (χ4n) is 1.57. The number of hydrogen-bond acceptors (Lipinski definition) is 3. The minimum absolute atomic E-state index is 0.106. The van der Waals surface area contributed by atoms with Crippen LogP contribution in [0.1, 0.15) is 17.3 Å². The summed E-state index contributed by atoms with van der Waals surface area (Å²) in [5, 5.41) is 19.8. The van der Waals surface area contributed by atoms with Gasteiger partial charge in [-0.3, -0.25) is 0 Å². The molecule has 8 heteroatoms. The molecule has 0 aliphatic rings. The number of benzene rings is 1. The van der Waals surface area contributed by atoms with Gasteiger partial charge in [0, 0.05) is 19.7 Å². The molecular formula is C13H13F2N3O3. The molecule has 1 atom stereocenters. The summed E-state index contributed by atoms with van der Waals surface area (Å²) in [6.45, 7) is 1.71. The Morgan fingerprint density at radius 1 is 1.43 bits per heavy atom. The van der Waals surface area contributed by atoms with E-state index in [1.165, 1.54) is 7.05 Å². The van der Waals surface area contributed by atoms with E-state index in [2.05, 4.69) is 5.32 Å². The molecular weight excluding hydrogens is 284 g/mol. The zero-order chi connectivity index (χ0) is 16.2. The van der Waals surface area contributed by atoms with Crippen molar-refractivity contribution in [3.05, 3.63) is 29.3 Å². The second-order valence-electron chi connectivity index (χ2n) is 4.46. The van der Waals surface area contributed by atoms with Gasteiger partial charge >= 0.3 is 12.0 Å². The van der Waals surface area contributed by atoms with E-state index in [0.29, 0.717) is 12.1 Å². The van der Waals surface area contributed by atoms with E-state index in [9.17, 15) is 18.4 Å². The van der Waals surface area contributed by atoms with Crippen LogP contribution in [0.15, 0.2) is 12.1 Å². The number of urea groups is 1. The van der Waals surface area contributed by atoms with Gasteiger partial charge in [0.15, 0.2) is 11.6 Å². The van der Waals surface area contributed by atoms with Gasteiger partial charge in [-0.15, -0.1) is 0 Å². The van der Waals surface area contributed by atoms with E-state index in [1.54, 1.807) is 6.92 Å². The van der Waals surface area contributed by atoms with Crippen molar-refractivity contribution in [1.82, 2.24) is 4.90 Å². The molecule has 0 heterocycles. The van der Waals surface area contributed by atoms with Crippen LogP contribution in [0.5, 0.6) is 0 Å². The average molecular weight is 297 g/mol. The Balaban J connectivity index is 2.97. The maximum atomic E-state index is 13.2. The quantitative estimate of drug-likeness (QED) is 0.891. The first kappa shape index (κ1) is 16.4. The molecule has 6 nitrogen and oxygen atoms in total. The number of rotatable bonds is 4. The molecule has 1 rings (SSSR count). The average Bonchev–Trinajstić information content (AvgIpc) is 2.41. The summed E-state index contributed by atoms with van der Waals surface area (Å²) in [6, 6.07) is 2.29. The number of amides is 2. The van der Waals surface area contributed by atoms with Gasteiger partial charge in [0.1, 0.15) is 0 Å². The van der Waals surface area contributed by atoms with Gasteiger partial charge in [-0.25, -0.2) is 18.4 Å². The fourth-order valence-corrected chi connectivity index (χ4v) is 1.57. The Labute approximate surface area is 119 Å². The van der Waals surface area contributed by atoms with Crippen molar-refractivity contribution in [1.29, 1.82) is 5.26 Å². The smallest absolute Gasteiger partial charge is 0.337 e. The lowest BCUT2D eigenvalue weighted by Crippen LogP contribution is -2.34. The Morgan fingerprint density at radius 2 is 2.00 bits per heavy atom. The number of carboxylic acid groups (broad SMARTS) is 1. The number of halogens is 2. The molecule has 21 heavy (non-hydrogen) atoms. The number of nitriles is 1. The number of hydrogen-bond donors (Lipinski definition) is 2. The van der Waals surface area contributed by atoms with Crippen LogP contribution in [-0.4, -0.2) is 35.6 Å². The molecule has 1 aromatic carbocycles. The molecule has 1 unspecified atom stereocenters. The number of carboxylic acids is 1. The highest BCUT2D eigenvalue weighted by atomic mass is 19.2. The maximum Gasteiger partial charge on any atom is 0.337 e. The van der Waals surface area contributed by atoms with Crippen molar-refractivity contribution in [2.24, 2.45) is 5.92 Å². The van der Waals surface area contributed by atoms with Crippen LogP contribution in [0.25, 0.3) is 0 Å². The molecule has 2 amide bonds. The molecule has 0 aromatic heterocycles. The Hall–Kier alpha value is -2.69. The van der Waals surface area contributed by atoms with Crippen molar-refractivity contribution in [2.75, 3.05) is 18.9 Å². The van der Waals surface area contributed by atoms with Crippen molar-refractivity contribution in [3.8, 4) is 6.07 Å². The third-order valence-electron chi connectivity index (χ3n) is 2.65. The summed E-state index contributed by atoms with van der Waals surface area (Å²) in [7, 11) is 1.39. The lowest BCUT2D eigenvalue weighted by atomic mass is 10.1. The molecule has 0 saturated heterocycles. The van der Waals surface area contributed by atoms with E-state index < -0.39 is 35.1 Å². The molecule has 0 aliphatic carbocycles. The maximum absolute atomic E-state index is 13.2. The largest absolute Gasteiger partial charge is 0.478 e. The van der Waals surface area contributed by atoms with E-state index in [-0.39, 0.29) is 12.2 Å². The molecule has 0 bridgehead atoms. The van der Waals surface area contributed by atoms with Gasteiger partial charge in [0.05, 0.1) is 23.2 Å². The zero-order valence-corrected chi connectivity index (χ0v) is 11.4. The normalized spacial score (nSPS) is 11.4. The van der Waals surface area contributed by atoms with Crippen LogP contribution < -0.4 is 5.32 Å². The molecule has 0 spiro atoms. The van der Waals surface area contributed by atoms with E-state index >= 15 is 0 Å². The van der Waals surface area contributed by atoms with Crippen LogP contribution in [0.2, 0.25) is 0 Å². The zero-order valence-electron chi connectivity index (χ0n) is 11.4. The van der Waals surface area contributed by atoms with E-state index in [4.69, 9.17) is 10.4 Å². The number of carbonyl (C=O) groups is 2. The first-order valence-electron chi connectivity index (χ1n) is 5.90. The summed E-state index contributed by atoms with van der Waals surface area (Å²) in [4.78, 5) is 23.9. The van der Waals surface area contributed by atoms with Gasteiger partial charge in [0.2, 0.25) is 0 Å². The summed E-state index contributed by atoms with van der Waals surface area (Å²) in [6.07, 6.45) is 0. The van der Waals surface area contributed by atoms with Crippen LogP contribution in [0.4, 0.5) is 19.3 Å². The SMILES string of the molecule is CC(C#N)CN(C)C(=O)Nc1cc(F)c(F)cc1C(=O)O. The van der Waals surface area contributed by atoms with Crippen LogP contribution in [0.3, 0.4) is 0 Å². The first-order chi connectivity index (χ1) is 9.76. The molecule has 2 N–H and O–H groups in total. The predicted molar refractivity (Wildman–Crippen MR) is 69.7 cm³/mol. The summed E-state index contributed by atoms with van der Waals surface area (Å²) in [5.41, 5.74) is -0.924. The highest BCUT2D eigenvalue weighted by Gasteiger charge is 2.19. The van der Waals surface area contributed by atoms with Crippen LogP contribution >= 0.6 is 0 Å².